The number of amides is 1. The van der Waals surface area contributed by atoms with Crippen LogP contribution in [0, 0.1) is 11.7 Å². The van der Waals surface area contributed by atoms with E-state index in [2.05, 4.69) is 47.3 Å². The number of nitrogens with zero attached hydrogens (tertiary/aromatic N) is 6. The van der Waals surface area contributed by atoms with E-state index in [1.54, 1.807) is 30.7 Å². The molecule has 40 heavy (non-hydrogen) atoms. The van der Waals surface area contributed by atoms with Gasteiger partial charge in [0.25, 0.3) is 0 Å². The summed E-state index contributed by atoms with van der Waals surface area (Å²) in [5, 5.41) is 11.1. The van der Waals surface area contributed by atoms with Gasteiger partial charge in [0.1, 0.15) is 17.0 Å². The lowest BCUT2D eigenvalue weighted by Crippen LogP contribution is -2.44. The average Bonchev–Trinajstić information content (AvgIpc) is 3.72. The van der Waals surface area contributed by atoms with Crippen molar-refractivity contribution in [2.75, 3.05) is 43.4 Å². The van der Waals surface area contributed by atoms with Crippen LogP contribution in [0.1, 0.15) is 25.7 Å². The lowest BCUT2D eigenvalue weighted by molar-refractivity contribution is -0.119. The maximum Gasteiger partial charge on any atom is 0.227 e. The molecule has 2 fully saturated rings. The van der Waals surface area contributed by atoms with E-state index in [1.807, 2.05) is 6.07 Å². The molecule has 0 unspecified atom stereocenters. The molecule has 5 heterocycles. The summed E-state index contributed by atoms with van der Waals surface area (Å²) >= 11 is 0. The summed E-state index contributed by atoms with van der Waals surface area (Å²) in [6, 6.07) is 6.86. The Morgan fingerprint density at radius 3 is 2.73 bits per heavy atom. The van der Waals surface area contributed by atoms with Gasteiger partial charge in [0.2, 0.25) is 5.91 Å². The van der Waals surface area contributed by atoms with Crippen molar-refractivity contribution in [3.8, 4) is 22.6 Å². The lowest BCUT2D eigenvalue weighted by Gasteiger charge is -2.33. The number of rotatable bonds is 5. The van der Waals surface area contributed by atoms with Crippen molar-refractivity contribution >= 4 is 39.3 Å². The number of aromatic amines is 2. The number of nitrogens with one attached hydrogen (secondary N) is 3. The Balaban J connectivity index is 1.23. The van der Waals surface area contributed by atoms with Crippen LogP contribution in [0.2, 0.25) is 0 Å². The molecular weight excluding hydrogens is 509 g/mol. The van der Waals surface area contributed by atoms with E-state index in [0.29, 0.717) is 33.8 Å². The first-order valence-electron chi connectivity index (χ1n) is 13.8. The second-order valence-corrected chi connectivity index (χ2v) is 10.8. The number of piperazine rings is 1. The molecule has 0 spiro atoms. The molecule has 0 atom stereocenters. The summed E-state index contributed by atoms with van der Waals surface area (Å²) in [6.07, 6.45) is 8.95. The number of aromatic nitrogens is 6. The molecule has 1 saturated heterocycles. The Morgan fingerprint density at radius 2 is 1.90 bits per heavy atom. The minimum absolute atomic E-state index is 0.000173. The monoisotopic (exact) mass is 539 g/mol. The zero-order valence-corrected chi connectivity index (χ0v) is 22.2. The minimum atomic E-state index is -0.407. The van der Waals surface area contributed by atoms with Gasteiger partial charge in [-0.05, 0) is 38.1 Å². The maximum atomic E-state index is 15.3. The Hall–Kier alpha value is -4.38. The van der Waals surface area contributed by atoms with Crippen molar-refractivity contribution in [2.24, 2.45) is 5.92 Å². The molecule has 1 saturated carbocycles. The second-order valence-electron chi connectivity index (χ2n) is 10.8. The number of halogens is 1. The number of hydrogen-bond acceptors (Lipinski definition) is 7. The first kappa shape index (κ1) is 24.6. The Labute approximate surface area is 230 Å². The van der Waals surface area contributed by atoms with E-state index in [1.165, 1.54) is 6.07 Å². The summed E-state index contributed by atoms with van der Waals surface area (Å²) in [7, 11) is 2.12. The maximum absolute atomic E-state index is 15.3. The van der Waals surface area contributed by atoms with Gasteiger partial charge in [-0.1, -0.05) is 12.8 Å². The molecule has 1 aliphatic heterocycles. The first-order chi connectivity index (χ1) is 19.5. The first-order valence-corrected chi connectivity index (χ1v) is 13.8. The van der Waals surface area contributed by atoms with Crippen molar-refractivity contribution < 1.29 is 9.18 Å². The van der Waals surface area contributed by atoms with Gasteiger partial charge in [0.15, 0.2) is 11.6 Å². The van der Waals surface area contributed by atoms with Gasteiger partial charge in [-0.25, -0.2) is 14.4 Å². The van der Waals surface area contributed by atoms with Crippen LogP contribution < -0.4 is 10.2 Å². The third-order valence-corrected chi connectivity index (χ3v) is 8.10. The zero-order valence-electron chi connectivity index (χ0n) is 22.2. The Morgan fingerprint density at radius 1 is 1.07 bits per heavy atom. The quantitative estimate of drug-likeness (QED) is 0.299. The topological polar surface area (TPSA) is 119 Å². The number of imidazole rings is 1. The van der Waals surface area contributed by atoms with Gasteiger partial charge in [-0.15, -0.1) is 0 Å². The van der Waals surface area contributed by atoms with Gasteiger partial charge in [0.05, 0.1) is 22.9 Å². The van der Waals surface area contributed by atoms with Crippen molar-refractivity contribution in [3.05, 3.63) is 48.7 Å². The van der Waals surface area contributed by atoms with Gasteiger partial charge >= 0.3 is 0 Å². The Bertz CT molecular complexity index is 1710. The molecule has 11 heteroatoms. The molecule has 204 valence electrons. The third kappa shape index (κ3) is 4.45. The lowest BCUT2D eigenvalue weighted by atomic mass is 10.0. The summed E-state index contributed by atoms with van der Waals surface area (Å²) in [5.41, 5.74) is 4.31. The van der Waals surface area contributed by atoms with Crippen LogP contribution in [-0.2, 0) is 4.79 Å². The highest BCUT2D eigenvalue weighted by Gasteiger charge is 2.24. The van der Waals surface area contributed by atoms with E-state index in [-0.39, 0.29) is 11.8 Å². The summed E-state index contributed by atoms with van der Waals surface area (Å²) in [6.45, 7) is 3.70. The highest BCUT2D eigenvalue weighted by atomic mass is 19.1. The largest absolute Gasteiger partial charge is 0.352 e. The SMILES string of the molecule is CN1CCN(c2nccc3[nH]c(-c4n[nH]c5cc(F)c(-c6cncc(NC(=O)C7CCCC7)c6)cc45)nc23)CC1. The Kier molecular flexibility index (Phi) is 6.15. The highest BCUT2D eigenvalue weighted by molar-refractivity contribution is 5.98. The summed E-state index contributed by atoms with van der Waals surface area (Å²) in [5.74, 6) is 1.05. The van der Waals surface area contributed by atoms with Gasteiger partial charge in [0, 0.05) is 67.1 Å². The zero-order chi connectivity index (χ0) is 27.2. The van der Waals surface area contributed by atoms with E-state index in [9.17, 15) is 4.79 Å². The second kappa shape index (κ2) is 9.98. The predicted molar refractivity (Wildman–Crippen MR) is 152 cm³/mol. The molecule has 1 amide bonds. The number of likely N-dealkylation sites (N-methyl/N-ethyl adjacent to an activating group) is 1. The van der Waals surface area contributed by atoms with Crippen LogP contribution in [0.25, 0.3) is 44.6 Å². The molecule has 1 aromatic carbocycles. The smallest absolute Gasteiger partial charge is 0.227 e. The number of H-pyrrole nitrogens is 2. The molecular formula is C29H30FN9O. The summed E-state index contributed by atoms with van der Waals surface area (Å²) in [4.78, 5) is 34.4. The van der Waals surface area contributed by atoms with E-state index >= 15 is 4.39 Å². The molecule has 2 aliphatic rings. The fourth-order valence-corrected chi connectivity index (χ4v) is 5.81. The van der Waals surface area contributed by atoms with E-state index in [4.69, 9.17) is 4.98 Å². The van der Waals surface area contributed by atoms with E-state index in [0.717, 1.165) is 74.1 Å². The van der Waals surface area contributed by atoms with Crippen LogP contribution in [0.5, 0.6) is 0 Å². The number of fused-ring (bicyclic) bond motifs is 2. The number of anilines is 2. The van der Waals surface area contributed by atoms with Crippen molar-refractivity contribution in [1.29, 1.82) is 0 Å². The third-order valence-electron chi connectivity index (χ3n) is 8.10. The molecule has 5 aromatic rings. The number of pyridine rings is 2. The molecule has 0 bridgehead atoms. The van der Waals surface area contributed by atoms with Crippen molar-refractivity contribution in [1.82, 2.24) is 35.0 Å². The van der Waals surface area contributed by atoms with Crippen LogP contribution in [0.15, 0.2) is 42.9 Å². The number of carbonyl (C=O) groups is 1. The average molecular weight is 540 g/mol. The van der Waals surface area contributed by atoms with Gasteiger partial charge in [-0.2, -0.15) is 5.10 Å². The number of carbonyl (C=O) groups excluding carboxylic acids is 1. The van der Waals surface area contributed by atoms with Crippen molar-refractivity contribution in [2.45, 2.75) is 25.7 Å². The summed E-state index contributed by atoms with van der Waals surface area (Å²) < 4.78 is 15.3. The molecule has 10 nitrogen and oxygen atoms in total. The van der Waals surface area contributed by atoms with Crippen LogP contribution in [0.3, 0.4) is 0 Å². The van der Waals surface area contributed by atoms with Gasteiger partial charge in [-0.3, -0.25) is 14.9 Å². The van der Waals surface area contributed by atoms with E-state index < -0.39 is 5.82 Å². The molecule has 3 N–H and O–H groups in total. The predicted octanol–water partition coefficient (Wildman–Crippen LogP) is 4.58. The standard InChI is InChI=1S/C29H30FN9O/c1-38-8-10-39(11-9-38)28-26-23(6-7-32-28)34-27(35-26)25-21-13-20(22(30)14-24(21)36-37-25)18-12-19(16-31-15-18)33-29(40)17-4-2-3-5-17/h6-7,12-17H,2-5,8-11H2,1H3,(H,33,40)(H,34,35)(H,36,37). The van der Waals surface area contributed by atoms with Crippen molar-refractivity contribution in [3.63, 3.8) is 0 Å². The highest BCUT2D eigenvalue weighted by Crippen LogP contribution is 2.34. The van der Waals surface area contributed by atoms with Gasteiger partial charge < -0.3 is 20.1 Å². The molecule has 0 radical (unpaired) electrons. The van der Waals surface area contributed by atoms with Crippen LogP contribution >= 0.6 is 0 Å². The normalized spacial score (nSPS) is 16.8. The molecule has 7 rings (SSSR count). The number of benzene rings is 1. The fraction of sp³-hybridized carbons (Fsp3) is 0.345. The molecule has 1 aliphatic carbocycles. The fourth-order valence-electron chi connectivity index (χ4n) is 5.81. The van der Waals surface area contributed by atoms with Crippen LogP contribution in [-0.4, -0.2) is 74.2 Å². The molecule has 4 aromatic heterocycles. The van der Waals surface area contributed by atoms with Crippen LogP contribution in [0.4, 0.5) is 15.9 Å². The number of hydrogen-bond donors (Lipinski definition) is 3. The minimum Gasteiger partial charge on any atom is -0.352 e.